The van der Waals surface area contributed by atoms with Gasteiger partial charge in [-0.3, -0.25) is 0 Å². The maximum atomic E-state index is 6.08. The summed E-state index contributed by atoms with van der Waals surface area (Å²) in [6.45, 7) is 3.69. The third kappa shape index (κ3) is 4.35. The van der Waals surface area contributed by atoms with Crippen molar-refractivity contribution < 1.29 is 14.2 Å². The van der Waals surface area contributed by atoms with Gasteiger partial charge in [0.1, 0.15) is 11.5 Å². The summed E-state index contributed by atoms with van der Waals surface area (Å²) in [5.41, 5.74) is 1.12. The number of likely N-dealkylation sites (N-methyl/N-ethyl adjacent to an activating group) is 1. The number of hydrogen-bond donors (Lipinski definition) is 1. The van der Waals surface area contributed by atoms with Crippen LogP contribution in [0.1, 0.15) is 44.2 Å². The number of hydrogen-bond acceptors (Lipinski definition) is 4. The number of rotatable bonds is 8. The number of benzene rings is 1. The molecule has 0 heterocycles. The predicted octanol–water partition coefficient (Wildman–Crippen LogP) is 3.31. The van der Waals surface area contributed by atoms with Crippen molar-refractivity contribution in [1.82, 2.24) is 5.32 Å². The molecule has 1 unspecified atom stereocenters. The van der Waals surface area contributed by atoms with Gasteiger partial charge in [0.05, 0.1) is 33.0 Å². The number of ether oxygens (including phenoxy) is 3. The lowest BCUT2D eigenvalue weighted by Crippen LogP contribution is -2.27. The maximum Gasteiger partial charge on any atom is 0.127 e. The second-order valence-corrected chi connectivity index (χ2v) is 5.46. The van der Waals surface area contributed by atoms with Gasteiger partial charge in [-0.15, -0.1) is 0 Å². The first-order valence-electron chi connectivity index (χ1n) is 7.85. The SMILES string of the molecule is CCNC(COC1CCCC1)c1ccc(OC)cc1OC. The van der Waals surface area contributed by atoms with Crippen LogP contribution in [-0.2, 0) is 4.74 Å². The fourth-order valence-corrected chi connectivity index (χ4v) is 2.90. The van der Waals surface area contributed by atoms with Gasteiger partial charge in [0, 0.05) is 11.6 Å². The molecule has 0 bridgehead atoms. The van der Waals surface area contributed by atoms with Crippen LogP contribution in [0.2, 0.25) is 0 Å². The van der Waals surface area contributed by atoms with Crippen molar-refractivity contribution in [2.45, 2.75) is 44.8 Å². The van der Waals surface area contributed by atoms with Crippen molar-refractivity contribution in [2.75, 3.05) is 27.4 Å². The van der Waals surface area contributed by atoms with Crippen LogP contribution in [0.5, 0.6) is 11.5 Å². The van der Waals surface area contributed by atoms with E-state index in [4.69, 9.17) is 14.2 Å². The minimum atomic E-state index is 0.149. The number of methoxy groups -OCH3 is 2. The van der Waals surface area contributed by atoms with E-state index in [1.54, 1.807) is 14.2 Å². The van der Waals surface area contributed by atoms with Crippen LogP contribution in [0.15, 0.2) is 18.2 Å². The summed E-state index contributed by atoms with van der Waals surface area (Å²) in [7, 11) is 3.36. The van der Waals surface area contributed by atoms with E-state index in [9.17, 15) is 0 Å². The summed E-state index contributed by atoms with van der Waals surface area (Å²) in [4.78, 5) is 0. The van der Waals surface area contributed by atoms with Gasteiger partial charge < -0.3 is 19.5 Å². The molecule has 21 heavy (non-hydrogen) atoms. The zero-order valence-electron chi connectivity index (χ0n) is 13.4. The second-order valence-electron chi connectivity index (χ2n) is 5.46. The molecule has 0 aromatic heterocycles. The average Bonchev–Trinajstić information content (AvgIpc) is 3.04. The Morgan fingerprint density at radius 3 is 2.57 bits per heavy atom. The van der Waals surface area contributed by atoms with E-state index in [1.165, 1.54) is 25.7 Å². The molecule has 1 aromatic carbocycles. The third-order valence-electron chi connectivity index (χ3n) is 4.07. The van der Waals surface area contributed by atoms with Crippen LogP contribution >= 0.6 is 0 Å². The van der Waals surface area contributed by atoms with Crippen LogP contribution < -0.4 is 14.8 Å². The Labute approximate surface area is 127 Å². The monoisotopic (exact) mass is 293 g/mol. The zero-order chi connectivity index (χ0) is 15.1. The highest BCUT2D eigenvalue weighted by molar-refractivity contribution is 5.42. The molecule has 1 N–H and O–H groups in total. The molecule has 118 valence electrons. The van der Waals surface area contributed by atoms with E-state index < -0.39 is 0 Å². The topological polar surface area (TPSA) is 39.7 Å². The minimum Gasteiger partial charge on any atom is -0.497 e. The molecule has 1 fully saturated rings. The van der Waals surface area contributed by atoms with Gasteiger partial charge in [0.15, 0.2) is 0 Å². The molecular weight excluding hydrogens is 266 g/mol. The molecule has 1 saturated carbocycles. The highest BCUT2D eigenvalue weighted by Crippen LogP contribution is 2.30. The van der Waals surface area contributed by atoms with Gasteiger partial charge in [-0.05, 0) is 31.5 Å². The lowest BCUT2D eigenvalue weighted by molar-refractivity contribution is 0.0424. The van der Waals surface area contributed by atoms with Gasteiger partial charge in [0.25, 0.3) is 0 Å². The van der Waals surface area contributed by atoms with Crippen LogP contribution in [0.25, 0.3) is 0 Å². The van der Waals surface area contributed by atoms with Crippen LogP contribution in [0.3, 0.4) is 0 Å². The number of nitrogens with one attached hydrogen (secondary N) is 1. The Kier molecular flexibility index (Phi) is 6.33. The first kappa shape index (κ1) is 16.1. The van der Waals surface area contributed by atoms with Crippen LogP contribution in [0, 0.1) is 0 Å². The van der Waals surface area contributed by atoms with Gasteiger partial charge in [-0.1, -0.05) is 19.8 Å². The Hall–Kier alpha value is -1.26. The van der Waals surface area contributed by atoms with Crippen molar-refractivity contribution >= 4 is 0 Å². The smallest absolute Gasteiger partial charge is 0.127 e. The summed E-state index contributed by atoms with van der Waals surface area (Å²) < 4.78 is 16.9. The summed E-state index contributed by atoms with van der Waals surface area (Å²) in [6, 6.07) is 6.10. The van der Waals surface area contributed by atoms with Crippen molar-refractivity contribution in [3.05, 3.63) is 23.8 Å². The summed E-state index contributed by atoms with van der Waals surface area (Å²) in [6.07, 6.45) is 5.40. The summed E-state index contributed by atoms with van der Waals surface area (Å²) >= 11 is 0. The van der Waals surface area contributed by atoms with E-state index in [-0.39, 0.29) is 6.04 Å². The Morgan fingerprint density at radius 2 is 1.95 bits per heavy atom. The van der Waals surface area contributed by atoms with E-state index in [2.05, 4.69) is 18.3 Å². The first-order valence-corrected chi connectivity index (χ1v) is 7.85. The molecule has 1 aliphatic carbocycles. The Balaban J connectivity index is 2.08. The van der Waals surface area contributed by atoms with E-state index in [1.807, 2.05) is 12.1 Å². The first-order chi connectivity index (χ1) is 10.3. The van der Waals surface area contributed by atoms with Crippen LogP contribution in [0.4, 0.5) is 0 Å². The lowest BCUT2D eigenvalue weighted by atomic mass is 10.1. The normalized spacial score (nSPS) is 16.9. The van der Waals surface area contributed by atoms with E-state index >= 15 is 0 Å². The van der Waals surface area contributed by atoms with Crippen molar-refractivity contribution in [2.24, 2.45) is 0 Å². The molecule has 0 spiro atoms. The molecule has 1 aromatic rings. The quantitative estimate of drug-likeness (QED) is 0.798. The van der Waals surface area contributed by atoms with E-state index in [0.717, 1.165) is 23.6 Å². The Morgan fingerprint density at radius 1 is 1.19 bits per heavy atom. The zero-order valence-corrected chi connectivity index (χ0v) is 13.4. The van der Waals surface area contributed by atoms with Crippen LogP contribution in [-0.4, -0.2) is 33.5 Å². The van der Waals surface area contributed by atoms with Crippen molar-refractivity contribution in [1.29, 1.82) is 0 Å². The molecule has 2 rings (SSSR count). The van der Waals surface area contributed by atoms with Gasteiger partial charge in [-0.25, -0.2) is 0 Å². The predicted molar refractivity (Wildman–Crippen MR) is 84.2 cm³/mol. The van der Waals surface area contributed by atoms with E-state index in [0.29, 0.717) is 12.7 Å². The lowest BCUT2D eigenvalue weighted by Gasteiger charge is -2.23. The minimum absolute atomic E-state index is 0.149. The molecule has 0 radical (unpaired) electrons. The molecule has 0 saturated heterocycles. The van der Waals surface area contributed by atoms with Gasteiger partial charge in [-0.2, -0.15) is 0 Å². The van der Waals surface area contributed by atoms with Crippen molar-refractivity contribution in [3.63, 3.8) is 0 Å². The summed E-state index contributed by atoms with van der Waals surface area (Å²) in [5, 5.41) is 3.49. The maximum absolute atomic E-state index is 6.08. The summed E-state index contributed by atoms with van der Waals surface area (Å²) in [5.74, 6) is 1.65. The van der Waals surface area contributed by atoms with Gasteiger partial charge in [0.2, 0.25) is 0 Å². The molecule has 0 aliphatic heterocycles. The fraction of sp³-hybridized carbons (Fsp3) is 0.647. The second kappa shape index (κ2) is 8.25. The largest absolute Gasteiger partial charge is 0.497 e. The molecule has 1 aliphatic rings. The highest BCUT2D eigenvalue weighted by atomic mass is 16.5. The molecule has 1 atom stereocenters. The Bertz CT molecular complexity index is 430. The molecular formula is C17H27NO3. The molecule has 4 nitrogen and oxygen atoms in total. The standard InChI is InChI=1S/C17H27NO3/c1-4-18-16(12-21-13-7-5-6-8-13)15-10-9-14(19-2)11-17(15)20-3/h9-11,13,16,18H,4-8,12H2,1-3H3. The fourth-order valence-electron chi connectivity index (χ4n) is 2.90. The van der Waals surface area contributed by atoms with Gasteiger partial charge >= 0.3 is 0 Å². The average molecular weight is 293 g/mol. The molecule has 4 heteroatoms. The third-order valence-corrected chi connectivity index (χ3v) is 4.07. The highest BCUT2D eigenvalue weighted by Gasteiger charge is 2.20. The molecule has 0 amide bonds. The van der Waals surface area contributed by atoms with Crippen molar-refractivity contribution in [3.8, 4) is 11.5 Å².